The number of aliphatic hydroxyl groups is 1. The molecule has 5 rings (SSSR count). The van der Waals surface area contributed by atoms with Gasteiger partial charge in [0.1, 0.15) is 5.60 Å². The smallest absolute Gasteiger partial charge is 0.115 e. The maximum absolute atomic E-state index is 11.6. The zero-order valence-corrected chi connectivity index (χ0v) is 14.3. The number of hydrogen-bond acceptors (Lipinski definition) is 1. The lowest BCUT2D eigenvalue weighted by Crippen LogP contribution is -3.18. The SMILES string of the molecule is OC(CC[C@H]1CC2CC[NH+]1CC2)(c1ccccc1)c1ccccc1. The fourth-order valence-corrected chi connectivity index (χ4v) is 4.85. The molecule has 3 heterocycles. The summed E-state index contributed by atoms with van der Waals surface area (Å²) in [6.45, 7) is 2.68. The highest BCUT2D eigenvalue weighted by Crippen LogP contribution is 2.35. The molecule has 2 nitrogen and oxygen atoms in total. The van der Waals surface area contributed by atoms with Gasteiger partial charge in [0, 0.05) is 12.8 Å². The van der Waals surface area contributed by atoms with Gasteiger partial charge < -0.3 is 10.0 Å². The Balaban J connectivity index is 1.57. The molecule has 24 heavy (non-hydrogen) atoms. The molecule has 2 N–H and O–H groups in total. The fourth-order valence-electron chi connectivity index (χ4n) is 4.85. The van der Waals surface area contributed by atoms with Gasteiger partial charge in [0.05, 0.1) is 19.1 Å². The van der Waals surface area contributed by atoms with Gasteiger partial charge in [-0.3, -0.25) is 0 Å². The molecule has 2 heteroatoms. The second kappa shape index (κ2) is 6.70. The summed E-state index contributed by atoms with van der Waals surface area (Å²) in [7, 11) is 0. The van der Waals surface area contributed by atoms with Crippen molar-refractivity contribution >= 4 is 0 Å². The highest BCUT2D eigenvalue weighted by Gasteiger charge is 2.39. The number of fused-ring (bicyclic) bond motifs is 3. The van der Waals surface area contributed by atoms with Gasteiger partial charge in [-0.2, -0.15) is 0 Å². The van der Waals surface area contributed by atoms with E-state index in [4.69, 9.17) is 0 Å². The van der Waals surface area contributed by atoms with Crippen molar-refractivity contribution in [3.8, 4) is 0 Å². The molecule has 126 valence electrons. The maximum Gasteiger partial charge on any atom is 0.115 e. The zero-order valence-electron chi connectivity index (χ0n) is 14.3. The van der Waals surface area contributed by atoms with E-state index in [2.05, 4.69) is 24.3 Å². The second-order valence-electron chi connectivity index (χ2n) is 7.67. The first-order chi connectivity index (χ1) is 11.8. The number of benzene rings is 2. The van der Waals surface area contributed by atoms with E-state index in [1.165, 1.54) is 32.4 Å². The Morgan fingerprint density at radius 3 is 1.88 bits per heavy atom. The van der Waals surface area contributed by atoms with Crippen LogP contribution in [0, 0.1) is 5.92 Å². The standard InChI is InChI=1S/C22H27NO/c24-22(19-7-3-1-4-8-19,20-9-5-2-6-10-20)14-11-21-17-18-12-15-23(21)16-13-18/h1-10,18,21,24H,11-17H2/p+1/t21-/m0/s1. The van der Waals surface area contributed by atoms with Gasteiger partial charge in [0.25, 0.3) is 0 Å². The van der Waals surface area contributed by atoms with Crippen LogP contribution in [0.3, 0.4) is 0 Å². The number of piperidine rings is 3. The molecule has 0 aromatic heterocycles. The van der Waals surface area contributed by atoms with Crippen LogP contribution in [0.25, 0.3) is 0 Å². The number of hydrogen-bond donors (Lipinski definition) is 2. The van der Waals surface area contributed by atoms with Crippen LogP contribution in [-0.4, -0.2) is 24.2 Å². The summed E-state index contributed by atoms with van der Waals surface area (Å²) in [5, 5.41) is 11.6. The molecule has 2 bridgehead atoms. The van der Waals surface area contributed by atoms with E-state index in [0.29, 0.717) is 0 Å². The third-order valence-corrected chi connectivity index (χ3v) is 6.30. The van der Waals surface area contributed by atoms with Crippen molar-refractivity contribution in [3.05, 3.63) is 71.8 Å². The lowest BCUT2D eigenvalue weighted by Gasteiger charge is -2.43. The minimum Gasteiger partial charge on any atom is -0.380 e. The van der Waals surface area contributed by atoms with E-state index >= 15 is 0 Å². The largest absolute Gasteiger partial charge is 0.380 e. The number of quaternary nitrogens is 1. The van der Waals surface area contributed by atoms with Crippen LogP contribution in [0.1, 0.15) is 43.2 Å². The summed E-state index contributed by atoms with van der Waals surface area (Å²) in [6, 6.07) is 21.1. The average molecular weight is 322 g/mol. The summed E-state index contributed by atoms with van der Waals surface area (Å²) in [5.41, 5.74) is 1.16. The molecule has 2 aromatic carbocycles. The average Bonchev–Trinajstić information content (AvgIpc) is 2.68. The molecule has 0 aliphatic carbocycles. The van der Waals surface area contributed by atoms with E-state index < -0.39 is 5.60 Å². The Hall–Kier alpha value is -1.64. The van der Waals surface area contributed by atoms with E-state index in [0.717, 1.165) is 35.9 Å². The molecule has 0 saturated carbocycles. The van der Waals surface area contributed by atoms with E-state index in [9.17, 15) is 5.11 Å². The quantitative estimate of drug-likeness (QED) is 0.869. The van der Waals surface area contributed by atoms with Crippen molar-refractivity contribution < 1.29 is 10.0 Å². The summed E-state index contributed by atoms with van der Waals surface area (Å²) in [4.78, 5) is 1.78. The Kier molecular flexibility index (Phi) is 4.43. The third kappa shape index (κ3) is 3.01. The number of rotatable bonds is 5. The lowest BCUT2D eigenvalue weighted by atomic mass is 9.77. The Morgan fingerprint density at radius 1 is 0.875 bits per heavy atom. The zero-order chi connectivity index (χ0) is 16.4. The van der Waals surface area contributed by atoms with Crippen molar-refractivity contribution in [1.82, 2.24) is 0 Å². The van der Waals surface area contributed by atoms with Crippen LogP contribution in [0.4, 0.5) is 0 Å². The minimum absolute atomic E-state index is 0.733. The lowest BCUT2D eigenvalue weighted by molar-refractivity contribution is -0.942. The molecule has 0 radical (unpaired) electrons. The highest BCUT2D eigenvalue weighted by molar-refractivity contribution is 5.35. The summed E-state index contributed by atoms with van der Waals surface area (Å²) in [6.07, 6.45) is 6.09. The fraction of sp³-hybridized carbons (Fsp3) is 0.455. The van der Waals surface area contributed by atoms with Crippen molar-refractivity contribution in [2.75, 3.05) is 13.1 Å². The molecular weight excluding hydrogens is 294 g/mol. The first kappa shape index (κ1) is 15.9. The predicted molar refractivity (Wildman–Crippen MR) is 96.9 cm³/mol. The molecule has 0 unspecified atom stereocenters. The third-order valence-electron chi connectivity index (χ3n) is 6.30. The van der Waals surface area contributed by atoms with Crippen LogP contribution < -0.4 is 4.90 Å². The first-order valence-electron chi connectivity index (χ1n) is 9.44. The van der Waals surface area contributed by atoms with Crippen LogP contribution in [-0.2, 0) is 5.60 Å². The molecule has 3 aliphatic heterocycles. The molecule has 1 atom stereocenters. The Labute approximate surface area is 145 Å². The van der Waals surface area contributed by atoms with Gasteiger partial charge in [0.15, 0.2) is 0 Å². The summed E-state index contributed by atoms with van der Waals surface area (Å²) in [5.74, 6) is 0.939. The van der Waals surface area contributed by atoms with Gasteiger partial charge >= 0.3 is 0 Å². The number of nitrogens with one attached hydrogen (secondary N) is 1. The molecular formula is C22H28NO+. The Bertz CT molecular complexity index is 607. The molecule has 0 spiro atoms. The van der Waals surface area contributed by atoms with E-state index in [1.54, 1.807) is 4.90 Å². The van der Waals surface area contributed by atoms with Crippen LogP contribution >= 0.6 is 0 Å². The minimum atomic E-state index is -0.875. The maximum atomic E-state index is 11.6. The van der Waals surface area contributed by atoms with Crippen molar-refractivity contribution in [2.45, 2.75) is 43.7 Å². The monoisotopic (exact) mass is 322 g/mol. The van der Waals surface area contributed by atoms with Crippen LogP contribution in [0.5, 0.6) is 0 Å². The van der Waals surface area contributed by atoms with Gasteiger partial charge in [0.2, 0.25) is 0 Å². The van der Waals surface area contributed by atoms with E-state index in [-0.39, 0.29) is 0 Å². The van der Waals surface area contributed by atoms with Crippen LogP contribution in [0.2, 0.25) is 0 Å². The topological polar surface area (TPSA) is 24.7 Å². The van der Waals surface area contributed by atoms with Crippen molar-refractivity contribution in [2.24, 2.45) is 5.92 Å². The summed E-state index contributed by atoms with van der Waals surface area (Å²) < 4.78 is 0. The molecule has 3 fully saturated rings. The highest BCUT2D eigenvalue weighted by atomic mass is 16.3. The van der Waals surface area contributed by atoms with E-state index in [1.807, 2.05) is 36.4 Å². The van der Waals surface area contributed by atoms with Crippen molar-refractivity contribution in [3.63, 3.8) is 0 Å². The molecule has 2 aromatic rings. The normalized spacial score (nSPS) is 26.5. The van der Waals surface area contributed by atoms with Gasteiger partial charge in [-0.15, -0.1) is 0 Å². The van der Waals surface area contributed by atoms with Gasteiger partial charge in [-0.1, -0.05) is 60.7 Å². The van der Waals surface area contributed by atoms with Crippen LogP contribution in [0.15, 0.2) is 60.7 Å². The van der Waals surface area contributed by atoms with Gasteiger partial charge in [-0.25, -0.2) is 0 Å². The second-order valence-corrected chi connectivity index (χ2v) is 7.67. The first-order valence-corrected chi connectivity index (χ1v) is 9.44. The molecule has 3 saturated heterocycles. The van der Waals surface area contributed by atoms with Gasteiger partial charge in [-0.05, 0) is 36.3 Å². The summed E-state index contributed by atoms with van der Waals surface area (Å²) >= 11 is 0. The Morgan fingerprint density at radius 2 is 1.42 bits per heavy atom. The molecule has 3 aliphatic rings. The molecule has 0 amide bonds. The predicted octanol–water partition coefficient (Wildman–Crippen LogP) is 2.77. The van der Waals surface area contributed by atoms with Crippen molar-refractivity contribution in [1.29, 1.82) is 0 Å².